The van der Waals surface area contributed by atoms with Gasteiger partial charge in [-0.2, -0.15) is 0 Å². The highest BCUT2D eigenvalue weighted by atomic mass is 32.2. The second-order valence-electron chi connectivity index (χ2n) is 6.02. The Hall–Kier alpha value is -2.74. The smallest absolute Gasteiger partial charge is 0.269 e. The van der Waals surface area contributed by atoms with E-state index in [1.807, 2.05) is 23.1 Å². The van der Waals surface area contributed by atoms with Crippen LogP contribution in [0.15, 0.2) is 42.5 Å². The van der Waals surface area contributed by atoms with Crippen molar-refractivity contribution in [3.05, 3.63) is 63.7 Å². The summed E-state index contributed by atoms with van der Waals surface area (Å²) in [5, 5.41) is 10.7. The summed E-state index contributed by atoms with van der Waals surface area (Å²) in [6.45, 7) is 0.868. The van der Waals surface area contributed by atoms with Gasteiger partial charge in [0, 0.05) is 24.4 Å². The average Bonchev–Trinajstić information content (AvgIpc) is 3.30. The summed E-state index contributed by atoms with van der Waals surface area (Å²) in [5.74, 6) is 2.23. The SMILES string of the molecule is O=C(Cc1ccc2c(c1)OCO2)N1CCSC1c1ccc([N+](=O)[O-])cc1. The number of carbonyl (C=O) groups excluding carboxylic acids is 1. The zero-order valence-corrected chi connectivity index (χ0v) is 14.6. The number of nitro groups is 1. The lowest BCUT2D eigenvalue weighted by atomic mass is 10.1. The minimum atomic E-state index is -0.422. The number of non-ortho nitro benzene ring substituents is 1. The lowest BCUT2D eigenvalue weighted by molar-refractivity contribution is -0.384. The van der Waals surface area contributed by atoms with Gasteiger partial charge in [-0.1, -0.05) is 6.07 Å². The standard InChI is InChI=1S/C18H16N2O5S/c21-17(10-12-1-6-15-16(9-12)25-11-24-15)19-7-8-26-18(19)13-2-4-14(5-3-13)20(22)23/h1-6,9,18H,7-8,10-11H2. The van der Waals surface area contributed by atoms with Gasteiger partial charge in [0.2, 0.25) is 12.7 Å². The van der Waals surface area contributed by atoms with E-state index in [1.165, 1.54) is 12.1 Å². The summed E-state index contributed by atoms with van der Waals surface area (Å²) >= 11 is 1.67. The predicted octanol–water partition coefficient (Wildman–Crippen LogP) is 3.14. The molecule has 4 rings (SSSR count). The molecule has 1 saturated heterocycles. The number of fused-ring (bicyclic) bond motifs is 1. The fraction of sp³-hybridized carbons (Fsp3) is 0.278. The van der Waals surface area contributed by atoms with E-state index in [0.29, 0.717) is 18.0 Å². The Kier molecular flexibility index (Phi) is 4.42. The van der Waals surface area contributed by atoms with Crippen molar-refractivity contribution in [1.29, 1.82) is 0 Å². The molecule has 134 valence electrons. The van der Waals surface area contributed by atoms with Crippen molar-refractivity contribution in [1.82, 2.24) is 4.90 Å². The van der Waals surface area contributed by atoms with E-state index < -0.39 is 4.92 Å². The molecule has 0 aliphatic carbocycles. The van der Waals surface area contributed by atoms with Gasteiger partial charge in [0.05, 0.1) is 11.3 Å². The fourth-order valence-corrected chi connectivity index (χ4v) is 4.37. The molecule has 7 nitrogen and oxygen atoms in total. The third-order valence-corrected chi connectivity index (χ3v) is 5.65. The number of thioether (sulfide) groups is 1. The molecular weight excluding hydrogens is 356 g/mol. The van der Waals surface area contributed by atoms with Crippen molar-refractivity contribution in [2.24, 2.45) is 0 Å². The van der Waals surface area contributed by atoms with Gasteiger partial charge in [-0.3, -0.25) is 14.9 Å². The van der Waals surface area contributed by atoms with Crippen molar-refractivity contribution in [2.45, 2.75) is 11.8 Å². The molecule has 2 heterocycles. The number of ether oxygens (including phenoxy) is 2. The maximum absolute atomic E-state index is 12.8. The number of hydrogen-bond acceptors (Lipinski definition) is 6. The topological polar surface area (TPSA) is 81.9 Å². The van der Waals surface area contributed by atoms with Gasteiger partial charge < -0.3 is 14.4 Å². The Bertz CT molecular complexity index is 855. The molecule has 2 aliphatic heterocycles. The Labute approximate surface area is 154 Å². The summed E-state index contributed by atoms with van der Waals surface area (Å²) in [4.78, 5) is 25.0. The van der Waals surface area contributed by atoms with Crippen LogP contribution < -0.4 is 9.47 Å². The van der Waals surface area contributed by atoms with Gasteiger partial charge in [-0.25, -0.2) is 0 Å². The fourth-order valence-electron chi connectivity index (χ4n) is 3.09. The largest absolute Gasteiger partial charge is 0.454 e. The Morgan fingerprint density at radius 1 is 1.19 bits per heavy atom. The summed E-state index contributed by atoms with van der Waals surface area (Å²) in [6, 6.07) is 11.9. The van der Waals surface area contributed by atoms with Crippen LogP contribution in [0.2, 0.25) is 0 Å². The normalized spacial score (nSPS) is 18.2. The molecular formula is C18H16N2O5S. The Balaban J connectivity index is 1.49. The summed E-state index contributed by atoms with van der Waals surface area (Å²) in [5.41, 5.74) is 1.82. The molecule has 1 atom stereocenters. The van der Waals surface area contributed by atoms with Crippen LogP contribution in [-0.2, 0) is 11.2 Å². The molecule has 0 N–H and O–H groups in total. The molecule has 0 radical (unpaired) electrons. The minimum absolute atomic E-state index is 0.0252. The van der Waals surface area contributed by atoms with E-state index in [0.717, 1.165) is 16.9 Å². The lowest BCUT2D eigenvalue weighted by Crippen LogP contribution is -2.31. The van der Waals surface area contributed by atoms with E-state index in [2.05, 4.69) is 0 Å². The molecule has 26 heavy (non-hydrogen) atoms. The first kappa shape index (κ1) is 16.7. The third kappa shape index (κ3) is 3.20. The number of nitrogens with zero attached hydrogens (tertiary/aromatic N) is 2. The molecule has 0 bridgehead atoms. The zero-order chi connectivity index (χ0) is 18.1. The first-order valence-electron chi connectivity index (χ1n) is 8.16. The van der Waals surface area contributed by atoms with Crippen LogP contribution >= 0.6 is 11.8 Å². The molecule has 8 heteroatoms. The molecule has 0 spiro atoms. The maximum Gasteiger partial charge on any atom is 0.269 e. The number of rotatable bonds is 4. The van der Waals surface area contributed by atoms with Crippen LogP contribution in [-0.4, -0.2) is 34.8 Å². The molecule has 1 amide bonds. The van der Waals surface area contributed by atoms with Gasteiger partial charge in [0.15, 0.2) is 11.5 Å². The van der Waals surface area contributed by atoms with Gasteiger partial charge in [0.25, 0.3) is 5.69 Å². The Morgan fingerprint density at radius 2 is 1.96 bits per heavy atom. The molecule has 0 saturated carbocycles. The van der Waals surface area contributed by atoms with Crippen LogP contribution in [0.4, 0.5) is 5.69 Å². The molecule has 1 fully saturated rings. The van der Waals surface area contributed by atoms with Crippen molar-refractivity contribution < 1.29 is 19.2 Å². The second-order valence-corrected chi connectivity index (χ2v) is 7.21. The summed E-state index contributed by atoms with van der Waals surface area (Å²) in [6.07, 6.45) is 0.278. The summed E-state index contributed by atoms with van der Waals surface area (Å²) in [7, 11) is 0. The average molecular weight is 372 g/mol. The first-order valence-corrected chi connectivity index (χ1v) is 9.20. The molecule has 0 aromatic heterocycles. The Morgan fingerprint density at radius 3 is 2.73 bits per heavy atom. The maximum atomic E-state index is 12.8. The lowest BCUT2D eigenvalue weighted by Gasteiger charge is -2.24. The van der Waals surface area contributed by atoms with E-state index in [4.69, 9.17) is 9.47 Å². The monoisotopic (exact) mass is 372 g/mol. The van der Waals surface area contributed by atoms with Crippen molar-refractivity contribution in [3.8, 4) is 11.5 Å². The van der Waals surface area contributed by atoms with Gasteiger partial charge >= 0.3 is 0 Å². The van der Waals surface area contributed by atoms with Crippen molar-refractivity contribution in [3.63, 3.8) is 0 Å². The highest BCUT2D eigenvalue weighted by molar-refractivity contribution is 7.99. The van der Waals surface area contributed by atoms with Gasteiger partial charge in [0.1, 0.15) is 5.37 Å². The highest BCUT2D eigenvalue weighted by Crippen LogP contribution is 2.39. The molecule has 2 aliphatic rings. The van der Waals surface area contributed by atoms with Crippen LogP contribution in [0.3, 0.4) is 0 Å². The number of benzene rings is 2. The van der Waals surface area contributed by atoms with Gasteiger partial charge in [-0.15, -0.1) is 11.8 Å². The number of hydrogen-bond donors (Lipinski definition) is 0. The van der Waals surface area contributed by atoms with E-state index in [1.54, 1.807) is 23.9 Å². The zero-order valence-electron chi connectivity index (χ0n) is 13.8. The molecule has 1 unspecified atom stereocenters. The van der Waals surface area contributed by atoms with Gasteiger partial charge in [-0.05, 0) is 35.4 Å². The molecule has 2 aromatic rings. The molecule has 2 aromatic carbocycles. The first-order chi connectivity index (χ1) is 12.6. The van der Waals surface area contributed by atoms with E-state index >= 15 is 0 Å². The summed E-state index contributed by atoms with van der Waals surface area (Å²) < 4.78 is 10.7. The van der Waals surface area contributed by atoms with Crippen molar-refractivity contribution >= 4 is 23.4 Å². The number of amides is 1. The number of carbonyl (C=O) groups is 1. The minimum Gasteiger partial charge on any atom is -0.454 e. The van der Waals surface area contributed by atoms with E-state index in [9.17, 15) is 14.9 Å². The predicted molar refractivity (Wildman–Crippen MR) is 96.3 cm³/mol. The van der Waals surface area contributed by atoms with Crippen LogP contribution in [0.1, 0.15) is 16.5 Å². The quantitative estimate of drug-likeness (QED) is 0.606. The third-order valence-electron chi connectivity index (χ3n) is 4.39. The van der Waals surface area contributed by atoms with Crippen molar-refractivity contribution in [2.75, 3.05) is 19.1 Å². The van der Waals surface area contributed by atoms with Crippen LogP contribution in [0.5, 0.6) is 11.5 Å². The van der Waals surface area contributed by atoms with Crippen LogP contribution in [0.25, 0.3) is 0 Å². The second kappa shape index (κ2) is 6.87. The number of nitro benzene ring substituents is 1. The van der Waals surface area contributed by atoms with E-state index in [-0.39, 0.29) is 30.2 Å². The highest BCUT2D eigenvalue weighted by Gasteiger charge is 2.31. The van der Waals surface area contributed by atoms with Crippen LogP contribution in [0, 0.1) is 10.1 Å².